The van der Waals surface area contributed by atoms with Gasteiger partial charge < -0.3 is 9.64 Å². The number of halogens is 1. The van der Waals surface area contributed by atoms with Gasteiger partial charge in [-0.15, -0.1) is 0 Å². The molecule has 3 nitrogen and oxygen atoms in total. The van der Waals surface area contributed by atoms with Gasteiger partial charge in [-0.1, -0.05) is 30.3 Å². The van der Waals surface area contributed by atoms with Gasteiger partial charge in [0, 0.05) is 49.4 Å². The summed E-state index contributed by atoms with van der Waals surface area (Å²) in [6.45, 7) is 5.67. The Hall–Kier alpha value is -1.52. The fourth-order valence-electron chi connectivity index (χ4n) is 4.14. The fourth-order valence-corrected chi connectivity index (χ4v) is 4.55. The van der Waals surface area contributed by atoms with E-state index in [0.29, 0.717) is 6.04 Å². The van der Waals surface area contributed by atoms with Crippen LogP contribution in [0, 0.1) is 0 Å². The van der Waals surface area contributed by atoms with Crippen LogP contribution in [-0.2, 0) is 0 Å². The smallest absolute Gasteiger partial charge is 0.135 e. The molecule has 4 heteroatoms. The van der Waals surface area contributed by atoms with Crippen molar-refractivity contribution in [2.24, 2.45) is 0 Å². The van der Waals surface area contributed by atoms with Gasteiger partial charge in [0.1, 0.15) is 5.75 Å². The van der Waals surface area contributed by atoms with Gasteiger partial charge in [-0.3, -0.25) is 4.90 Å². The normalized spacial score (nSPS) is 26.5. The Labute approximate surface area is 158 Å². The van der Waals surface area contributed by atoms with E-state index >= 15 is 0 Å². The molecule has 1 saturated carbocycles. The molecule has 0 aromatic heterocycles. The lowest BCUT2D eigenvalue weighted by atomic mass is 10.1. The van der Waals surface area contributed by atoms with Crippen LogP contribution in [0.1, 0.15) is 24.8 Å². The van der Waals surface area contributed by atoms with Crippen molar-refractivity contribution in [3.8, 4) is 5.75 Å². The Morgan fingerprint density at radius 3 is 2.60 bits per heavy atom. The predicted molar refractivity (Wildman–Crippen MR) is 107 cm³/mol. The van der Waals surface area contributed by atoms with Crippen LogP contribution in [0.5, 0.6) is 5.75 Å². The quantitative estimate of drug-likeness (QED) is 0.749. The summed E-state index contributed by atoms with van der Waals surface area (Å²) in [6, 6.07) is 18.6. The maximum absolute atomic E-state index is 5.46. The molecular formula is C21H25BrN2O. The van der Waals surface area contributed by atoms with Crippen molar-refractivity contribution in [3.05, 3.63) is 58.6 Å². The molecule has 3 atom stereocenters. The van der Waals surface area contributed by atoms with Crippen molar-refractivity contribution in [1.29, 1.82) is 0 Å². The van der Waals surface area contributed by atoms with Gasteiger partial charge in [0.05, 0.1) is 11.6 Å². The standard InChI is InChI=1S/C21H25BrN2O/c1-15-14-23(20-13-18(20)16-6-4-3-5-7-16)10-11-24(15)17-8-9-19(22)21(12-17)25-2/h3-9,12,15,18,20H,10-11,13-14H2,1-2H3/t15-,18+,20-/m0/s1. The van der Waals surface area contributed by atoms with Crippen LogP contribution in [-0.4, -0.2) is 43.7 Å². The molecule has 25 heavy (non-hydrogen) atoms. The van der Waals surface area contributed by atoms with Crippen LogP contribution in [0.25, 0.3) is 0 Å². The van der Waals surface area contributed by atoms with E-state index in [1.54, 1.807) is 7.11 Å². The van der Waals surface area contributed by atoms with Crippen LogP contribution in [0.4, 0.5) is 5.69 Å². The molecule has 2 aromatic carbocycles. The summed E-state index contributed by atoms with van der Waals surface area (Å²) in [7, 11) is 1.72. The minimum atomic E-state index is 0.511. The number of benzene rings is 2. The molecule has 2 aliphatic rings. The Balaban J connectivity index is 1.41. The average Bonchev–Trinajstić information content (AvgIpc) is 3.44. The lowest BCUT2D eigenvalue weighted by molar-refractivity contribution is 0.216. The van der Waals surface area contributed by atoms with Gasteiger partial charge in [-0.25, -0.2) is 0 Å². The second kappa shape index (κ2) is 7.00. The molecule has 0 amide bonds. The second-order valence-corrected chi connectivity index (χ2v) is 8.03. The summed E-state index contributed by atoms with van der Waals surface area (Å²) in [5.41, 5.74) is 2.75. The number of hydrogen-bond acceptors (Lipinski definition) is 3. The molecule has 0 N–H and O–H groups in total. The SMILES string of the molecule is COc1cc(N2CCN([C@H]3C[C@@H]3c3ccccc3)C[C@@H]2C)ccc1Br. The first-order valence-corrected chi connectivity index (χ1v) is 9.86. The zero-order valence-electron chi connectivity index (χ0n) is 14.9. The number of nitrogens with zero attached hydrogens (tertiary/aromatic N) is 2. The van der Waals surface area contributed by atoms with E-state index in [2.05, 4.69) is 81.2 Å². The molecule has 1 aliphatic heterocycles. The van der Waals surface area contributed by atoms with E-state index in [4.69, 9.17) is 4.74 Å². The molecule has 2 aromatic rings. The third-order valence-corrected chi connectivity index (χ3v) is 6.23. The third-order valence-electron chi connectivity index (χ3n) is 5.58. The van der Waals surface area contributed by atoms with Crippen LogP contribution in [0.2, 0.25) is 0 Å². The van der Waals surface area contributed by atoms with Crippen molar-refractivity contribution in [2.45, 2.75) is 31.3 Å². The minimum Gasteiger partial charge on any atom is -0.495 e. The number of methoxy groups -OCH3 is 1. The molecule has 4 rings (SSSR count). The summed E-state index contributed by atoms with van der Waals surface area (Å²) >= 11 is 3.54. The summed E-state index contributed by atoms with van der Waals surface area (Å²) in [5.74, 6) is 1.63. The van der Waals surface area contributed by atoms with E-state index in [9.17, 15) is 0 Å². The number of ether oxygens (including phenoxy) is 1. The van der Waals surface area contributed by atoms with E-state index in [1.807, 2.05) is 0 Å². The van der Waals surface area contributed by atoms with Crippen molar-refractivity contribution in [2.75, 3.05) is 31.6 Å². The fraction of sp³-hybridized carbons (Fsp3) is 0.429. The van der Waals surface area contributed by atoms with E-state index in [1.165, 1.54) is 17.7 Å². The monoisotopic (exact) mass is 400 g/mol. The molecular weight excluding hydrogens is 376 g/mol. The Morgan fingerprint density at radius 2 is 1.88 bits per heavy atom. The maximum Gasteiger partial charge on any atom is 0.135 e. The van der Waals surface area contributed by atoms with Gasteiger partial charge in [-0.2, -0.15) is 0 Å². The number of rotatable bonds is 4. The molecule has 1 saturated heterocycles. The predicted octanol–water partition coefficient (Wildman–Crippen LogP) is 4.52. The lowest BCUT2D eigenvalue weighted by Crippen LogP contribution is -2.52. The minimum absolute atomic E-state index is 0.511. The molecule has 0 radical (unpaired) electrons. The third kappa shape index (κ3) is 3.42. The van der Waals surface area contributed by atoms with Crippen LogP contribution in [0.15, 0.2) is 53.0 Å². The topological polar surface area (TPSA) is 15.7 Å². The molecule has 1 heterocycles. The van der Waals surface area contributed by atoms with Gasteiger partial charge in [-0.05, 0) is 47.0 Å². The van der Waals surface area contributed by atoms with Crippen LogP contribution >= 0.6 is 15.9 Å². The zero-order valence-corrected chi connectivity index (χ0v) is 16.4. The Morgan fingerprint density at radius 1 is 1.08 bits per heavy atom. The van der Waals surface area contributed by atoms with Gasteiger partial charge in [0.25, 0.3) is 0 Å². The van der Waals surface area contributed by atoms with Gasteiger partial charge in [0.15, 0.2) is 0 Å². The summed E-state index contributed by atoms with van der Waals surface area (Å²) in [6.07, 6.45) is 1.31. The number of piperazine rings is 1. The number of hydrogen-bond donors (Lipinski definition) is 0. The first-order chi connectivity index (χ1) is 12.2. The van der Waals surface area contributed by atoms with Crippen molar-refractivity contribution < 1.29 is 4.74 Å². The largest absolute Gasteiger partial charge is 0.495 e. The number of anilines is 1. The highest BCUT2D eigenvalue weighted by molar-refractivity contribution is 9.10. The van der Waals surface area contributed by atoms with E-state index < -0.39 is 0 Å². The van der Waals surface area contributed by atoms with Crippen molar-refractivity contribution >= 4 is 21.6 Å². The first-order valence-electron chi connectivity index (χ1n) is 9.06. The zero-order chi connectivity index (χ0) is 17.4. The van der Waals surface area contributed by atoms with Crippen LogP contribution in [0.3, 0.4) is 0 Å². The molecule has 1 aliphatic carbocycles. The average molecular weight is 401 g/mol. The summed E-state index contributed by atoms with van der Waals surface area (Å²) < 4.78 is 6.47. The van der Waals surface area contributed by atoms with Gasteiger partial charge in [0.2, 0.25) is 0 Å². The highest BCUT2D eigenvalue weighted by atomic mass is 79.9. The molecule has 0 unspecified atom stereocenters. The molecule has 2 fully saturated rings. The second-order valence-electron chi connectivity index (χ2n) is 7.18. The van der Waals surface area contributed by atoms with Gasteiger partial charge >= 0.3 is 0 Å². The summed E-state index contributed by atoms with van der Waals surface area (Å²) in [5, 5.41) is 0. The molecule has 0 bridgehead atoms. The van der Waals surface area contributed by atoms with Crippen LogP contribution < -0.4 is 9.64 Å². The van der Waals surface area contributed by atoms with Crippen molar-refractivity contribution in [3.63, 3.8) is 0 Å². The highest BCUT2D eigenvalue weighted by Crippen LogP contribution is 2.45. The highest BCUT2D eigenvalue weighted by Gasteiger charge is 2.44. The maximum atomic E-state index is 5.46. The molecule has 0 spiro atoms. The molecule has 132 valence electrons. The summed E-state index contributed by atoms with van der Waals surface area (Å²) in [4.78, 5) is 5.19. The Kier molecular flexibility index (Phi) is 4.74. The first kappa shape index (κ1) is 16.9. The van der Waals surface area contributed by atoms with E-state index in [-0.39, 0.29) is 0 Å². The Bertz CT molecular complexity index is 736. The lowest BCUT2D eigenvalue weighted by Gasteiger charge is -2.41. The van der Waals surface area contributed by atoms with E-state index in [0.717, 1.165) is 41.8 Å². The van der Waals surface area contributed by atoms with Crippen molar-refractivity contribution in [1.82, 2.24) is 4.90 Å².